The Hall–Kier alpha value is -1.14. The van der Waals surface area contributed by atoms with Crippen LogP contribution < -0.4 is 10.1 Å². The first kappa shape index (κ1) is 18.2. The molecule has 4 nitrogen and oxygen atoms in total. The van der Waals surface area contributed by atoms with Gasteiger partial charge in [0.15, 0.2) is 21.4 Å². The lowest BCUT2D eigenvalue weighted by atomic mass is 9.86. The van der Waals surface area contributed by atoms with Crippen LogP contribution in [0.3, 0.4) is 0 Å². The minimum Gasteiger partial charge on any atom is -0.489 e. The highest BCUT2D eigenvalue weighted by atomic mass is 32.2. The number of benzene rings is 1. The molecule has 1 aromatic rings. The molecule has 1 N–H and O–H groups in total. The minimum absolute atomic E-state index is 0.0674. The molecule has 0 spiro atoms. The highest BCUT2D eigenvalue weighted by molar-refractivity contribution is 7.91. The fraction of sp³-hybridized carbons (Fsp3) is 0.647. The average Bonchev–Trinajstić information content (AvgIpc) is 2.42. The molecule has 1 fully saturated rings. The maximum Gasteiger partial charge on any atom is 0.165 e. The average molecular weight is 343 g/mol. The Morgan fingerprint density at radius 1 is 1.35 bits per heavy atom. The second-order valence-electron chi connectivity index (χ2n) is 7.28. The fourth-order valence-electron chi connectivity index (χ4n) is 2.72. The summed E-state index contributed by atoms with van der Waals surface area (Å²) in [5.74, 6) is 0.274. The monoisotopic (exact) mass is 343 g/mol. The van der Waals surface area contributed by atoms with E-state index in [4.69, 9.17) is 4.74 Å². The van der Waals surface area contributed by atoms with Crippen LogP contribution in [-0.4, -0.2) is 38.6 Å². The van der Waals surface area contributed by atoms with E-state index >= 15 is 0 Å². The molecule has 2 atom stereocenters. The van der Waals surface area contributed by atoms with E-state index in [9.17, 15) is 12.8 Å². The maximum absolute atomic E-state index is 13.7. The standard InChI is InChI=1S/C17H26FNO3S/c1-17(2,3)16(11-22-15-9-5-4-8-14(15)18)19-13-7-6-10-23(20,21)12-13/h4-5,8-9,13,16,19H,6-7,10-12H2,1-3H3/t13-,16-/m0/s1. The molecule has 0 saturated carbocycles. The van der Waals surface area contributed by atoms with E-state index in [0.29, 0.717) is 13.0 Å². The Morgan fingerprint density at radius 2 is 2.04 bits per heavy atom. The summed E-state index contributed by atoms with van der Waals surface area (Å²) in [6.07, 6.45) is 1.52. The molecule has 1 aliphatic rings. The van der Waals surface area contributed by atoms with Crippen molar-refractivity contribution in [2.24, 2.45) is 5.41 Å². The Kier molecular flexibility index (Phi) is 5.68. The molecule has 1 aromatic carbocycles. The lowest BCUT2D eigenvalue weighted by Gasteiger charge is -2.36. The van der Waals surface area contributed by atoms with Crippen LogP contribution in [0.25, 0.3) is 0 Å². The van der Waals surface area contributed by atoms with Crippen molar-refractivity contribution in [3.8, 4) is 5.75 Å². The van der Waals surface area contributed by atoms with E-state index in [1.807, 2.05) is 0 Å². The number of rotatable bonds is 5. The Balaban J connectivity index is 2.02. The minimum atomic E-state index is -2.96. The third kappa shape index (κ3) is 5.46. The first-order chi connectivity index (χ1) is 10.7. The van der Waals surface area contributed by atoms with E-state index in [0.717, 1.165) is 6.42 Å². The Bertz CT molecular complexity index is 625. The summed E-state index contributed by atoms with van der Waals surface area (Å²) in [5.41, 5.74) is -0.132. The van der Waals surface area contributed by atoms with Crippen LogP contribution in [0, 0.1) is 11.2 Å². The molecule has 1 heterocycles. The molecule has 1 aliphatic heterocycles. The van der Waals surface area contributed by atoms with Crippen molar-refractivity contribution in [1.82, 2.24) is 5.32 Å². The second kappa shape index (κ2) is 7.18. The van der Waals surface area contributed by atoms with Gasteiger partial charge < -0.3 is 10.1 Å². The summed E-state index contributed by atoms with van der Waals surface area (Å²) >= 11 is 0. The summed E-state index contributed by atoms with van der Waals surface area (Å²) in [6.45, 7) is 6.48. The van der Waals surface area contributed by atoms with E-state index in [1.54, 1.807) is 18.2 Å². The van der Waals surface area contributed by atoms with Crippen molar-refractivity contribution in [3.63, 3.8) is 0 Å². The molecule has 0 aliphatic carbocycles. The first-order valence-corrected chi connectivity index (χ1v) is 9.83. The van der Waals surface area contributed by atoms with Gasteiger partial charge in [0, 0.05) is 12.1 Å². The molecule has 0 unspecified atom stereocenters. The summed E-state index contributed by atoms with van der Waals surface area (Å²) in [5, 5.41) is 3.41. The molecule has 130 valence electrons. The molecule has 1 saturated heterocycles. The van der Waals surface area contributed by atoms with Gasteiger partial charge in [0.1, 0.15) is 6.61 Å². The van der Waals surface area contributed by atoms with Crippen molar-refractivity contribution < 1.29 is 17.5 Å². The van der Waals surface area contributed by atoms with Gasteiger partial charge in [-0.1, -0.05) is 32.9 Å². The maximum atomic E-state index is 13.7. The van der Waals surface area contributed by atoms with Crippen LogP contribution in [0.15, 0.2) is 24.3 Å². The first-order valence-electron chi connectivity index (χ1n) is 8.01. The summed E-state index contributed by atoms with van der Waals surface area (Å²) in [6, 6.07) is 6.17. The van der Waals surface area contributed by atoms with Crippen molar-refractivity contribution >= 4 is 9.84 Å². The normalized spacial score (nSPS) is 22.5. The third-order valence-electron chi connectivity index (χ3n) is 4.19. The predicted molar refractivity (Wildman–Crippen MR) is 89.9 cm³/mol. The quantitative estimate of drug-likeness (QED) is 0.893. The van der Waals surface area contributed by atoms with Crippen LogP contribution in [0.4, 0.5) is 4.39 Å². The van der Waals surface area contributed by atoms with Crippen LogP contribution in [-0.2, 0) is 9.84 Å². The fourth-order valence-corrected chi connectivity index (χ4v) is 4.37. The highest BCUT2D eigenvalue weighted by Gasteiger charge is 2.31. The third-order valence-corrected chi connectivity index (χ3v) is 6.01. The molecule has 0 radical (unpaired) electrons. The molecule has 0 amide bonds. The number of hydrogen-bond donors (Lipinski definition) is 1. The molecular formula is C17H26FNO3S. The van der Waals surface area contributed by atoms with Crippen LogP contribution in [0.5, 0.6) is 5.75 Å². The second-order valence-corrected chi connectivity index (χ2v) is 9.51. The van der Waals surface area contributed by atoms with Crippen LogP contribution >= 0.6 is 0 Å². The van der Waals surface area contributed by atoms with E-state index in [2.05, 4.69) is 26.1 Å². The predicted octanol–water partition coefficient (Wildman–Crippen LogP) is 2.79. The number of halogens is 1. The molecule has 0 bridgehead atoms. The number of para-hydroxylation sites is 1. The van der Waals surface area contributed by atoms with Gasteiger partial charge in [-0.25, -0.2) is 12.8 Å². The molecule has 2 rings (SSSR count). The van der Waals surface area contributed by atoms with Crippen molar-refractivity contribution in [2.75, 3.05) is 18.1 Å². The van der Waals surface area contributed by atoms with Gasteiger partial charge in [-0.15, -0.1) is 0 Å². The van der Waals surface area contributed by atoms with Gasteiger partial charge in [0.05, 0.1) is 11.5 Å². The lowest BCUT2D eigenvalue weighted by Crippen LogP contribution is -2.52. The highest BCUT2D eigenvalue weighted by Crippen LogP contribution is 2.24. The largest absolute Gasteiger partial charge is 0.489 e. The van der Waals surface area contributed by atoms with Crippen molar-refractivity contribution in [3.05, 3.63) is 30.1 Å². The lowest BCUT2D eigenvalue weighted by molar-refractivity contribution is 0.158. The van der Waals surface area contributed by atoms with Crippen LogP contribution in [0.2, 0.25) is 0 Å². The molecule has 6 heteroatoms. The van der Waals surface area contributed by atoms with Gasteiger partial charge in [0.2, 0.25) is 0 Å². The van der Waals surface area contributed by atoms with E-state index in [-0.39, 0.29) is 40.6 Å². The summed E-state index contributed by atoms with van der Waals surface area (Å²) in [7, 11) is -2.96. The number of ether oxygens (including phenoxy) is 1. The van der Waals surface area contributed by atoms with Gasteiger partial charge >= 0.3 is 0 Å². The zero-order valence-electron chi connectivity index (χ0n) is 14.0. The van der Waals surface area contributed by atoms with Crippen molar-refractivity contribution in [2.45, 2.75) is 45.7 Å². The van der Waals surface area contributed by atoms with Gasteiger partial charge in [-0.05, 0) is 30.4 Å². The molecule has 23 heavy (non-hydrogen) atoms. The Labute approximate surface area is 138 Å². The number of hydrogen-bond acceptors (Lipinski definition) is 4. The summed E-state index contributed by atoms with van der Waals surface area (Å²) < 4.78 is 42.9. The van der Waals surface area contributed by atoms with E-state index < -0.39 is 9.84 Å². The molecule has 0 aromatic heterocycles. The topological polar surface area (TPSA) is 55.4 Å². The van der Waals surface area contributed by atoms with Gasteiger partial charge in [-0.2, -0.15) is 0 Å². The van der Waals surface area contributed by atoms with Gasteiger partial charge in [0.25, 0.3) is 0 Å². The SMILES string of the molecule is CC(C)(C)[C@H](COc1ccccc1F)N[C@H]1CCCS(=O)(=O)C1. The van der Waals surface area contributed by atoms with E-state index in [1.165, 1.54) is 6.07 Å². The number of nitrogens with one attached hydrogen (secondary N) is 1. The van der Waals surface area contributed by atoms with Crippen molar-refractivity contribution in [1.29, 1.82) is 0 Å². The van der Waals surface area contributed by atoms with Gasteiger partial charge in [-0.3, -0.25) is 0 Å². The number of sulfone groups is 1. The zero-order chi connectivity index (χ0) is 17.1. The van der Waals surface area contributed by atoms with Crippen LogP contribution in [0.1, 0.15) is 33.6 Å². The Morgan fingerprint density at radius 3 is 2.65 bits per heavy atom. The molecular weight excluding hydrogens is 317 g/mol. The zero-order valence-corrected chi connectivity index (χ0v) is 14.8. The summed E-state index contributed by atoms with van der Waals surface area (Å²) in [4.78, 5) is 0. The smallest absolute Gasteiger partial charge is 0.165 e.